The van der Waals surface area contributed by atoms with E-state index >= 15 is 0 Å². The van der Waals surface area contributed by atoms with Gasteiger partial charge in [0, 0.05) is 20.2 Å². The average Bonchev–Trinajstić information content (AvgIpc) is 1.68. The fourth-order valence-corrected chi connectivity index (χ4v) is 13.7. The third kappa shape index (κ3) is 27.3. The molecule has 0 saturated carbocycles. The topological polar surface area (TPSA) is 303 Å². The van der Waals surface area contributed by atoms with E-state index in [2.05, 4.69) is 63.4 Å². The number of fused-ring (bicyclic) bond motifs is 10. The van der Waals surface area contributed by atoms with Gasteiger partial charge in [-0.2, -0.15) is 5.48 Å². The van der Waals surface area contributed by atoms with Crippen LogP contribution in [-0.2, 0) is 43.9 Å². The number of para-hydroxylation sites is 15. The molecule has 129 heavy (non-hydrogen) atoms. The maximum Gasteiger partial charge on any atom is 0.263 e. The minimum atomic E-state index is -0.268. The second kappa shape index (κ2) is 52.0. The van der Waals surface area contributed by atoms with Crippen LogP contribution in [0.1, 0.15) is 94.2 Å². The van der Waals surface area contributed by atoms with Gasteiger partial charge in [-0.3, -0.25) is 68.0 Å². The first-order chi connectivity index (χ1) is 62.8. The number of nitrogens with two attached hydrogens (primary N) is 1. The molecule has 0 unspecified atom stereocenters. The summed E-state index contributed by atoms with van der Waals surface area (Å²) in [6.45, 7) is 2.18. The second-order valence-electron chi connectivity index (χ2n) is 27.7. The predicted molar refractivity (Wildman–Crippen MR) is 508 cm³/mol. The van der Waals surface area contributed by atoms with E-state index in [0.29, 0.717) is 152 Å². The predicted octanol–water partition coefficient (Wildman–Crippen LogP) is 21.6. The Kier molecular flexibility index (Phi) is 39.4. The Morgan fingerprint density at radius 3 is 1.14 bits per heavy atom. The molecule has 26 nitrogen and oxygen atoms in total. The van der Waals surface area contributed by atoms with Crippen LogP contribution in [0, 0.1) is 0 Å². The number of benzene rings is 13. The summed E-state index contributed by atoms with van der Waals surface area (Å²) in [7, 11) is 1.00. The molecule has 0 radical (unpaired) electrons. The van der Waals surface area contributed by atoms with Crippen molar-refractivity contribution in [3.05, 3.63) is 378 Å². The summed E-state index contributed by atoms with van der Waals surface area (Å²) in [6.07, 6.45) is 4.31. The van der Waals surface area contributed by atoms with Crippen LogP contribution >= 0.6 is 60.2 Å². The lowest BCUT2D eigenvalue weighted by atomic mass is 10.1. The first kappa shape index (κ1) is 97.8. The molecule has 7 amide bonds. The van der Waals surface area contributed by atoms with Crippen molar-refractivity contribution in [2.24, 2.45) is 5.90 Å². The molecule has 5 heterocycles. The number of ether oxygens (including phenoxy) is 5. The number of carbonyl (C=O) groups is 7. The van der Waals surface area contributed by atoms with Gasteiger partial charge < -0.3 is 39.0 Å². The number of hydrogen-bond donors (Lipinski definition) is 5. The van der Waals surface area contributed by atoms with Crippen LogP contribution in [0.5, 0.6) is 57.5 Å². The van der Waals surface area contributed by atoms with Gasteiger partial charge in [0.15, 0.2) is 28.7 Å². The molecule has 0 saturated heterocycles. The number of rotatable bonds is 22. The Bertz CT molecular complexity index is 5810. The maximum atomic E-state index is 13.2. The van der Waals surface area contributed by atoms with E-state index < -0.39 is 0 Å². The molecule has 6 N–H and O–H groups in total. The number of nitrogens with zero attached hydrogens (tertiary/aromatic N) is 6. The summed E-state index contributed by atoms with van der Waals surface area (Å²) < 4.78 is 30.2. The van der Waals surface area contributed by atoms with E-state index in [1.807, 2.05) is 261 Å². The molecule has 13 aromatic carbocycles. The van der Waals surface area contributed by atoms with Crippen LogP contribution in [0.2, 0.25) is 0 Å². The zero-order valence-corrected chi connectivity index (χ0v) is 75.5. The number of unbranched alkanes of at least 4 members (excludes halogenated alkanes) is 3. The molecule has 0 fully saturated rings. The van der Waals surface area contributed by atoms with Crippen LogP contribution in [-0.4, -0.2) is 106 Å². The number of aliphatic hydroxyl groups is 1. The van der Waals surface area contributed by atoms with E-state index in [1.54, 1.807) is 87.5 Å². The third-order valence-corrected chi connectivity index (χ3v) is 19.8. The molecule has 18 rings (SSSR count). The van der Waals surface area contributed by atoms with Crippen molar-refractivity contribution in [1.82, 2.24) is 15.6 Å². The van der Waals surface area contributed by atoms with E-state index in [4.69, 9.17) is 49.6 Å². The zero-order valence-electron chi connectivity index (χ0n) is 69.9. The lowest BCUT2D eigenvalue weighted by Crippen LogP contribution is -2.41. The summed E-state index contributed by atoms with van der Waals surface area (Å²) in [4.78, 5) is 108. The van der Waals surface area contributed by atoms with Crippen LogP contribution in [0.15, 0.2) is 334 Å². The number of anilines is 5. The number of amides is 7. The summed E-state index contributed by atoms with van der Waals surface area (Å²) in [5.74, 6) is 10.2. The molecule has 664 valence electrons. The summed E-state index contributed by atoms with van der Waals surface area (Å²) in [5, 5.41) is 20.7. The normalized spacial score (nSPS) is 12.1. The minimum Gasteiger partial charge on any atom is -0.454 e. The maximum absolute atomic E-state index is 13.2. The highest BCUT2D eigenvalue weighted by Crippen LogP contribution is 2.44. The molecule has 0 bridgehead atoms. The first-order valence-corrected chi connectivity index (χ1v) is 43.7. The minimum absolute atomic E-state index is 0. The summed E-state index contributed by atoms with van der Waals surface area (Å²) in [5.41, 5.74) is 12.5. The number of hydroxylamine groups is 5. The number of alkyl halides is 3. The Hall–Kier alpha value is -13.4. The number of nitrogens with one attached hydrogen (secondary N) is 2. The van der Waals surface area contributed by atoms with Gasteiger partial charge in [0.2, 0.25) is 12.8 Å². The molecule has 13 aromatic rings. The molecule has 0 atom stereocenters. The van der Waals surface area contributed by atoms with Gasteiger partial charge in [0.05, 0.1) is 85.8 Å². The van der Waals surface area contributed by atoms with Crippen molar-refractivity contribution < 1.29 is 82.1 Å². The monoisotopic (exact) mass is 1950 g/mol. The van der Waals surface area contributed by atoms with Crippen molar-refractivity contribution in [3.63, 3.8) is 0 Å². The smallest absolute Gasteiger partial charge is 0.263 e. The van der Waals surface area contributed by atoms with E-state index in [9.17, 15) is 33.6 Å². The largest absolute Gasteiger partial charge is 0.454 e. The van der Waals surface area contributed by atoms with Crippen LogP contribution in [0.3, 0.4) is 0 Å². The summed E-state index contributed by atoms with van der Waals surface area (Å²) >= 11 is 9.48. The van der Waals surface area contributed by atoms with Gasteiger partial charge in [-0.1, -0.05) is 273 Å². The van der Waals surface area contributed by atoms with Gasteiger partial charge in [-0.15, -0.1) is 12.4 Å². The summed E-state index contributed by atoms with van der Waals surface area (Å²) in [6, 6.07) is 102. The third-order valence-electron chi connectivity index (χ3n) is 19.3. The lowest BCUT2D eigenvalue weighted by Gasteiger charge is -2.27. The molecular weight excluding hydrogens is 1860 g/mol. The highest BCUT2D eigenvalue weighted by Gasteiger charge is 2.33. The van der Waals surface area contributed by atoms with Crippen LogP contribution < -0.4 is 60.0 Å². The fourth-order valence-electron chi connectivity index (χ4n) is 13.3. The van der Waals surface area contributed by atoms with E-state index in [-0.39, 0.29) is 61.9 Å². The fraction of sp³-hybridized carbons (Fsp3) is 0.141. The molecule has 0 aromatic heterocycles. The van der Waals surface area contributed by atoms with E-state index in [0.717, 1.165) is 70.2 Å². The molecule has 30 heteroatoms. The Labute approximate surface area is 778 Å². The Morgan fingerprint density at radius 2 is 0.705 bits per heavy atom. The van der Waals surface area contributed by atoms with E-state index in [1.165, 1.54) is 4.90 Å². The molecular formula is C99H93Br3ClN9O17. The van der Waals surface area contributed by atoms with Gasteiger partial charge in [-0.05, 0) is 151 Å². The quantitative estimate of drug-likeness (QED) is 0.0105. The zero-order chi connectivity index (χ0) is 90.2. The molecule has 5 aliphatic rings. The van der Waals surface area contributed by atoms with Crippen LogP contribution in [0.4, 0.5) is 28.4 Å². The number of carbonyl (C=O) groups excluding carboxylic acids is 7. The van der Waals surface area contributed by atoms with Gasteiger partial charge in [0.1, 0.15) is 42.0 Å². The van der Waals surface area contributed by atoms with Crippen molar-refractivity contribution in [2.45, 2.75) is 45.5 Å². The van der Waals surface area contributed by atoms with Crippen molar-refractivity contribution in [2.75, 3.05) is 68.1 Å². The van der Waals surface area contributed by atoms with Crippen molar-refractivity contribution in [3.8, 4) is 57.5 Å². The Morgan fingerprint density at radius 1 is 0.380 bits per heavy atom. The number of aliphatic hydroxyl groups excluding tert-OH is 1. The molecule has 0 spiro atoms. The Balaban J connectivity index is 0.000000163. The second-order valence-corrected chi connectivity index (χ2v) is 30.8. The van der Waals surface area contributed by atoms with Crippen molar-refractivity contribution in [1.29, 1.82) is 0 Å². The van der Waals surface area contributed by atoms with Gasteiger partial charge in [0.25, 0.3) is 29.5 Å². The number of halogens is 4. The van der Waals surface area contributed by atoms with Gasteiger partial charge in [-0.25, -0.2) is 16.0 Å². The standard InChI is InChI=1S/C22H18N2O4.C21H18N2O3.C20H22N2O4.C14H10BrNO2.C13H9NO2.C7H9NO.CH2Br2.CH4O.ClH/c25-16-23(27-14-17-8-2-1-3-9-17)15-24-19-11-5-7-13-21(19)28-20-12-6-4-10-18(20)22(24)26;24-21-17-10-4-6-12-19(17)26-20-13-7-5-11-18(20)23(21)15-22-25-14-16-8-2-1-3-9-16;23-15-21(25)13-7-1-2-8-14-22-17-10-4-6-12-19(17)26-18-11-5-3-9-16(18)20(22)24;15-9-16-11-6-2-4-8-13(11)18-12-7-3-1-5-10(12)14(16)17;15-13-9-5-1-3-7-11(9)16-12-8-4-2-6-10(12)14-13;8-9-6-7-4-2-1-3-5-7;2-1-3;1-2;/h1-13,16H,14-15H2;1-13,22H,14-15H2;3-6,9-12,15,25H,1-2,7-8,13-14H2;1-8H,9H2;1-8H,(H,14,15);1-5H,6,8H2;1H2;2H,1H3;1H. The van der Waals surface area contributed by atoms with Crippen molar-refractivity contribution >= 4 is 131 Å². The highest BCUT2D eigenvalue weighted by molar-refractivity contribution is 9.24. The van der Waals surface area contributed by atoms with Crippen LogP contribution in [0.25, 0.3) is 0 Å². The van der Waals surface area contributed by atoms with Gasteiger partial charge >= 0.3 is 0 Å². The highest BCUT2D eigenvalue weighted by atomic mass is 79.9. The lowest BCUT2D eigenvalue weighted by molar-refractivity contribution is -0.176. The molecule has 5 aliphatic heterocycles. The SMILES string of the molecule is BrCBr.CO.Cl.NOCc1ccccc1.O=C1Nc2ccccc2Oc2ccccc21.O=C1c2ccccc2Oc2ccccc2N1CBr.O=C1c2ccccc2Oc2ccccc2N1CNOCc1ccccc1.O=CN(CN1C(=O)c2ccccc2Oc2ccccc21)OCc1ccccc1.O=CN(O)CCCCCCN1C(=O)c2ccccc2Oc2ccccc21. The average molecular weight is 1960 g/mol. The number of hydrogen-bond acceptors (Lipinski definition) is 19. The molecule has 0 aliphatic carbocycles. The first-order valence-electron chi connectivity index (χ1n) is 40.3.